The van der Waals surface area contributed by atoms with Gasteiger partial charge in [0.05, 0.1) is 5.92 Å². The molecule has 21 heavy (non-hydrogen) atoms. The van der Waals surface area contributed by atoms with E-state index in [1.54, 1.807) is 0 Å². The SMILES string of the molecule is CCCCCC(=O)C(CCCC)C(=O)Nc1ccccc1. The molecule has 1 atom stereocenters. The van der Waals surface area contributed by atoms with Gasteiger partial charge in [-0.1, -0.05) is 57.7 Å². The number of rotatable bonds is 10. The number of para-hydroxylation sites is 1. The largest absolute Gasteiger partial charge is 0.325 e. The first kappa shape index (κ1) is 17.4. The van der Waals surface area contributed by atoms with Crippen LogP contribution in [-0.2, 0) is 9.59 Å². The number of hydrogen-bond acceptors (Lipinski definition) is 2. The fourth-order valence-electron chi connectivity index (χ4n) is 2.32. The third-order valence-electron chi connectivity index (χ3n) is 3.62. The second-order valence-electron chi connectivity index (χ2n) is 5.47. The molecule has 1 unspecified atom stereocenters. The van der Waals surface area contributed by atoms with Crippen LogP contribution >= 0.6 is 0 Å². The zero-order valence-electron chi connectivity index (χ0n) is 13.2. The summed E-state index contributed by atoms with van der Waals surface area (Å²) in [5.41, 5.74) is 0.755. The number of anilines is 1. The van der Waals surface area contributed by atoms with E-state index in [4.69, 9.17) is 0 Å². The number of benzene rings is 1. The van der Waals surface area contributed by atoms with Crippen molar-refractivity contribution in [3.8, 4) is 0 Å². The summed E-state index contributed by atoms with van der Waals surface area (Å²) < 4.78 is 0. The predicted molar refractivity (Wildman–Crippen MR) is 87.2 cm³/mol. The van der Waals surface area contributed by atoms with Gasteiger partial charge in [-0.3, -0.25) is 9.59 Å². The lowest BCUT2D eigenvalue weighted by atomic mass is 9.93. The second kappa shape index (κ2) is 10.1. The highest BCUT2D eigenvalue weighted by Gasteiger charge is 2.25. The number of amides is 1. The number of carbonyl (C=O) groups excluding carboxylic acids is 2. The van der Waals surface area contributed by atoms with Crippen LogP contribution < -0.4 is 5.32 Å². The summed E-state index contributed by atoms with van der Waals surface area (Å²) in [6.07, 6.45) is 6.10. The van der Waals surface area contributed by atoms with E-state index in [9.17, 15) is 9.59 Å². The second-order valence-corrected chi connectivity index (χ2v) is 5.47. The maximum atomic E-state index is 12.4. The van der Waals surface area contributed by atoms with E-state index < -0.39 is 5.92 Å². The smallest absolute Gasteiger partial charge is 0.234 e. The zero-order chi connectivity index (χ0) is 15.5. The zero-order valence-corrected chi connectivity index (χ0v) is 13.2. The van der Waals surface area contributed by atoms with E-state index in [0.717, 1.165) is 37.8 Å². The highest BCUT2D eigenvalue weighted by molar-refractivity contribution is 6.07. The van der Waals surface area contributed by atoms with Gasteiger partial charge >= 0.3 is 0 Å². The van der Waals surface area contributed by atoms with Crippen molar-refractivity contribution in [3.05, 3.63) is 30.3 Å². The summed E-state index contributed by atoms with van der Waals surface area (Å²) in [6, 6.07) is 9.34. The summed E-state index contributed by atoms with van der Waals surface area (Å²) >= 11 is 0. The van der Waals surface area contributed by atoms with Crippen molar-refractivity contribution in [1.29, 1.82) is 0 Å². The molecule has 1 N–H and O–H groups in total. The van der Waals surface area contributed by atoms with Gasteiger partial charge in [0.1, 0.15) is 5.78 Å². The number of unbranched alkanes of at least 4 members (excludes halogenated alkanes) is 3. The molecule has 1 amide bonds. The van der Waals surface area contributed by atoms with Crippen LogP contribution in [0.5, 0.6) is 0 Å². The van der Waals surface area contributed by atoms with Crippen molar-refractivity contribution in [1.82, 2.24) is 0 Å². The van der Waals surface area contributed by atoms with Gasteiger partial charge in [-0.05, 0) is 25.0 Å². The summed E-state index contributed by atoms with van der Waals surface area (Å²) in [5.74, 6) is -0.566. The van der Waals surface area contributed by atoms with Gasteiger partial charge < -0.3 is 5.32 Å². The van der Waals surface area contributed by atoms with Gasteiger partial charge in [0, 0.05) is 12.1 Å². The minimum absolute atomic E-state index is 0.0883. The van der Waals surface area contributed by atoms with Crippen LogP contribution in [0, 0.1) is 5.92 Å². The lowest BCUT2D eigenvalue weighted by molar-refractivity contribution is -0.131. The molecule has 0 saturated carbocycles. The van der Waals surface area contributed by atoms with E-state index in [2.05, 4.69) is 19.2 Å². The Balaban J connectivity index is 2.62. The van der Waals surface area contributed by atoms with Gasteiger partial charge in [0.25, 0.3) is 0 Å². The van der Waals surface area contributed by atoms with Gasteiger partial charge in [-0.25, -0.2) is 0 Å². The van der Waals surface area contributed by atoms with E-state index >= 15 is 0 Å². The monoisotopic (exact) mass is 289 g/mol. The molecule has 0 aromatic heterocycles. The van der Waals surface area contributed by atoms with Crippen LogP contribution in [0.2, 0.25) is 0 Å². The molecule has 0 aliphatic rings. The Kier molecular flexibility index (Phi) is 8.41. The quantitative estimate of drug-likeness (QED) is 0.506. The molecule has 0 spiro atoms. The van der Waals surface area contributed by atoms with Crippen molar-refractivity contribution in [2.75, 3.05) is 5.32 Å². The molecule has 0 aliphatic carbocycles. The van der Waals surface area contributed by atoms with Crippen LogP contribution in [0.15, 0.2) is 30.3 Å². The highest BCUT2D eigenvalue weighted by atomic mass is 16.2. The number of Topliss-reactive ketones (excluding diaryl/α,β-unsaturated/α-hetero) is 1. The minimum Gasteiger partial charge on any atom is -0.325 e. The number of ketones is 1. The summed E-state index contributed by atoms with van der Waals surface area (Å²) in [6.45, 7) is 4.19. The lowest BCUT2D eigenvalue weighted by Crippen LogP contribution is -2.29. The fraction of sp³-hybridized carbons (Fsp3) is 0.556. The molecule has 0 radical (unpaired) electrons. The molecule has 0 bridgehead atoms. The van der Waals surface area contributed by atoms with E-state index in [0.29, 0.717) is 12.8 Å². The van der Waals surface area contributed by atoms with Gasteiger partial charge in [0.2, 0.25) is 5.91 Å². The van der Waals surface area contributed by atoms with E-state index in [1.165, 1.54) is 0 Å². The molecule has 3 nitrogen and oxygen atoms in total. The molecule has 1 rings (SSSR count). The van der Waals surface area contributed by atoms with Crippen molar-refractivity contribution in [3.63, 3.8) is 0 Å². The molecular weight excluding hydrogens is 262 g/mol. The van der Waals surface area contributed by atoms with Gasteiger partial charge in [-0.15, -0.1) is 0 Å². The normalized spacial score (nSPS) is 11.9. The van der Waals surface area contributed by atoms with Crippen LogP contribution in [0.3, 0.4) is 0 Å². The first-order valence-corrected chi connectivity index (χ1v) is 8.07. The molecule has 0 aliphatic heterocycles. The predicted octanol–water partition coefficient (Wildman–Crippen LogP) is 4.58. The van der Waals surface area contributed by atoms with Crippen molar-refractivity contribution >= 4 is 17.4 Å². The Hall–Kier alpha value is -1.64. The Morgan fingerprint density at radius 3 is 2.29 bits per heavy atom. The molecule has 1 aromatic carbocycles. The van der Waals surface area contributed by atoms with Crippen molar-refractivity contribution in [2.45, 2.75) is 58.8 Å². The summed E-state index contributed by atoms with van der Waals surface area (Å²) in [4.78, 5) is 24.7. The molecule has 3 heteroatoms. The van der Waals surface area contributed by atoms with Crippen molar-refractivity contribution in [2.24, 2.45) is 5.92 Å². The first-order valence-electron chi connectivity index (χ1n) is 8.07. The summed E-state index contributed by atoms with van der Waals surface area (Å²) in [7, 11) is 0. The molecule has 116 valence electrons. The Labute approximate surface area is 128 Å². The fourth-order valence-corrected chi connectivity index (χ4v) is 2.32. The number of nitrogens with one attached hydrogen (secondary N) is 1. The average molecular weight is 289 g/mol. The molecule has 0 heterocycles. The van der Waals surface area contributed by atoms with Crippen LogP contribution in [0.4, 0.5) is 5.69 Å². The van der Waals surface area contributed by atoms with E-state index in [1.807, 2.05) is 30.3 Å². The highest BCUT2D eigenvalue weighted by Crippen LogP contribution is 2.17. The lowest BCUT2D eigenvalue weighted by Gasteiger charge is -2.15. The Bertz CT molecular complexity index is 428. The number of hydrogen-bond donors (Lipinski definition) is 1. The van der Waals surface area contributed by atoms with Crippen molar-refractivity contribution < 1.29 is 9.59 Å². The average Bonchev–Trinajstić information content (AvgIpc) is 2.49. The number of carbonyl (C=O) groups is 2. The maximum Gasteiger partial charge on any atom is 0.234 e. The molecular formula is C18H27NO2. The molecule has 0 saturated heterocycles. The topological polar surface area (TPSA) is 46.2 Å². The van der Waals surface area contributed by atoms with Crippen LogP contribution in [0.25, 0.3) is 0 Å². The van der Waals surface area contributed by atoms with Crippen LogP contribution in [-0.4, -0.2) is 11.7 Å². The first-order chi connectivity index (χ1) is 10.2. The summed E-state index contributed by atoms with van der Waals surface area (Å²) in [5, 5.41) is 2.86. The Morgan fingerprint density at radius 2 is 1.67 bits per heavy atom. The molecule has 0 fully saturated rings. The molecule has 1 aromatic rings. The Morgan fingerprint density at radius 1 is 1.00 bits per heavy atom. The minimum atomic E-state index is -0.498. The third kappa shape index (κ3) is 6.56. The maximum absolute atomic E-state index is 12.4. The van der Waals surface area contributed by atoms with Gasteiger partial charge in [-0.2, -0.15) is 0 Å². The van der Waals surface area contributed by atoms with E-state index in [-0.39, 0.29) is 11.7 Å². The third-order valence-corrected chi connectivity index (χ3v) is 3.62. The van der Waals surface area contributed by atoms with Gasteiger partial charge in [0.15, 0.2) is 0 Å². The van der Waals surface area contributed by atoms with Crippen LogP contribution in [0.1, 0.15) is 58.8 Å². The standard InChI is InChI=1S/C18H27NO2/c1-3-5-8-14-17(20)16(13-6-4-2)18(21)19-15-11-9-7-10-12-15/h7,9-12,16H,3-6,8,13-14H2,1-2H3,(H,19,21).